The number of benzene rings is 1. The van der Waals surface area contributed by atoms with Crippen LogP contribution in [0.15, 0.2) is 58.1 Å². The quantitative estimate of drug-likeness (QED) is 0.813. The number of nitrogens with one attached hydrogen (secondary N) is 1. The van der Waals surface area contributed by atoms with Crippen LogP contribution in [0.2, 0.25) is 0 Å². The van der Waals surface area contributed by atoms with Crippen molar-refractivity contribution in [2.45, 2.75) is 37.1 Å². The molecule has 0 bridgehead atoms. The third kappa shape index (κ3) is 4.23. The Labute approximate surface area is 153 Å². The Morgan fingerprint density at radius 2 is 2.00 bits per heavy atom. The minimum absolute atomic E-state index is 0.0138. The summed E-state index contributed by atoms with van der Waals surface area (Å²) < 4.78 is 32.2. The summed E-state index contributed by atoms with van der Waals surface area (Å²) in [5.41, 5.74) is 0.532. The number of carbonyl (C=O) groups excluding carboxylic acids is 1. The highest BCUT2D eigenvalue weighted by molar-refractivity contribution is 7.89. The van der Waals surface area contributed by atoms with Crippen LogP contribution in [0.25, 0.3) is 6.08 Å². The molecule has 1 aromatic heterocycles. The lowest BCUT2D eigenvalue weighted by atomic mass is 10.1. The molecule has 0 aliphatic carbocycles. The van der Waals surface area contributed by atoms with Gasteiger partial charge >= 0.3 is 0 Å². The van der Waals surface area contributed by atoms with Crippen molar-refractivity contribution in [2.75, 3.05) is 11.9 Å². The van der Waals surface area contributed by atoms with Crippen molar-refractivity contribution in [3.05, 3.63) is 54.5 Å². The second-order valence-electron chi connectivity index (χ2n) is 6.32. The number of piperidine rings is 1. The first-order chi connectivity index (χ1) is 12.5. The summed E-state index contributed by atoms with van der Waals surface area (Å²) in [6.45, 7) is 2.50. The molecule has 7 heteroatoms. The van der Waals surface area contributed by atoms with Crippen LogP contribution >= 0.6 is 0 Å². The molecule has 6 nitrogen and oxygen atoms in total. The number of anilines is 1. The zero-order valence-electron chi connectivity index (χ0n) is 14.6. The molecular weight excluding hydrogens is 352 g/mol. The molecule has 1 aliphatic rings. The van der Waals surface area contributed by atoms with Crippen molar-refractivity contribution in [1.82, 2.24) is 4.31 Å². The molecule has 0 spiro atoms. The molecule has 1 atom stereocenters. The van der Waals surface area contributed by atoms with Crippen LogP contribution in [0.5, 0.6) is 0 Å². The van der Waals surface area contributed by atoms with Gasteiger partial charge in [0.2, 0.25) is 15.9 Å². The topological polar surface area (TPSA) is 79.6 Å². The first-order valence-electron chi connectivity index (χ1n) is 8.61. The van der Waals surface area contributed by atoms with Crippen LogP contribution in [0.3, 0.4) is 0 Å². The van der Waals surface area contributed by atoms with E-state index >= 15 is 0 Å². The zero-order valence-corrected chi connectivity index (χ0v) is 15.4. The highest BCUT2D eigenvalue weighted by atomic mass is 32.2. The smallest absolute Gasteiger partial charge is 0.248 e. The maximum Gasteiger partial charge on any atom is 0.248 e. The van der Waals surface area contributed by atoms with Gasteiger partial charge < -0.3 is 9.73 Å². The Balaban J connectivity index is 1.67. The second kappa shape index (κ2) is 7.88. The predicted molar refractivity (Wildman–Crippen MR) is 100 cm³/mol. The van der Waals surface area contributed by atoms with Gasteiger partial charge in [0.15, 0.2) is 0 Å². The molecule has 1 fully saturated rings. The van der Waals surface area contributed by atoms with Gasteiger partial charge in [-0.3, -0.25) is 4.79 Å². The third-order valence-electron chi connectivity index (χ3n) is 4.41. The summed E-state index contributed by atoms with van der Waals surface area (Å²) in [4.78, 5) is 12.2. The van der Waals surface area contributed by atoms with Crippen molar-refractivity contribution in [3.63, 3.8) is 0 Å². The van der Waals surface area contributed by atoms with E-state index in [1.807, 2.05) is 6.92 Å². The Bertz CT molecular complexity index is 871. The van der Waals surface area contributed by atoms with E-state index in [0.717, 1.165) is 19.3 Å². The largest absolute Gasteiger partial charge is 0.465 e. The van der Waals surface area contributed by atoms with Gasteiger partial charge in [0.05, 0.1) is 11.2 Å². The molecule has 138 valence electrons. The van der Waals surface area contributed by atoms with Gasteiger partial charge in [-0.05, 0) is 62.2 Å². The number of sulfonamides is 1. The fraction of sp³-hybridized carbons (Fsp3) is 0.316. The van der Waals surface area contributed by atoms with Crippen LogP contribution < -0.4 is 5.32 Å². The first kappa shape index (κ1) is 18.4. The first-order valence-corrected chi connectivity index (χ1v) is 10.1. The van der Waals surface area contributed by atoms with Crippen LogP contribution in [-0.2, 0) is 14.8 Å². The minimum Gasteiger partial charge on any atom is -0.465 e. The lowest BCUT2D eigenvalue weighted by molar-refractivity contribution is -0.111. The standard InChI is InChI=1S/C19H22N2O4S/c1-15-5-2-3-13-21(15)26(23,24)18-10-7-16(8-11-18)20-19(22)12-9-17-6-4-14-25-17/h4,6-12,14-15H,2-3,5,13H2,1H3,(H,20,22)/b12-9+/t15-/m1/s1. The van der Waals surface area contributed by atoms with Gasteiger partial charge in [0.1, 0.15) is 5.76 Å². The lowest BCUT2D eigenvalue weighted by Gasteiger charge is -2.32. The van der Waals surface area contributed by atoms with Gasteiger partial charge in [-0.1, -0.05) is 6.42 Å². The highest BCUT2D eigenvalue weighted by Crippen LogP contribution is 2.25. The molecule has 1 aliphatic heterocycles. The van der Waals surface area contributed by atoms with Gasteiger partial charge in [0, 0.05) is 24.4 Å². The van der Waals surface area contributed by atoms with Gasteiger partial charge in [0.25, 0.3) is 0 Å². The monoisotopic (exact) mass is 374 g/mol. The summed E-state index contributed by atoms with van der Waals surface area (Å²) in [6.07, 6.45) is 7.28. The number of rotatable bonds is 5. The number of carbonyl (C=O) groups is 1. The summed E-state index contributed by atoms with van der Waals surface area (Å²) >= 11 is 0. The lowest BCUT2D eigenvalue weighted by Crippen LogP contribution is -2.41. The Kier molecular flexibility index (Phi) is 5.58. The number of hydrogen-bond donors (Lipinski definition) is 1. The van der Waals surface area contributed by atoms with Crippen LogP contribution in [-0.4, -0.2) is 31.2 Å². The molecule has 0 saturated carbocycles. The average molecular weight is 374 g/mol. The fourth-order valence-corrected chi connectivity index (χ4v) is 4.70. The number of hydrogen-bond acceptors (Lipinski definition) is 4. The number of furan rings is 1. The van der Waals surface area contributed by atoms with Gasteiger partial charge in [-0.15, -0.1) is 0 Å². The Morgan fingerprint density at radius 3 is 2.65 bits per heavy atom. The SMILES string of the molecule is C[C@@H]1CCCCN1S(=O)(=O)c1ccc(NC(=O)/C=C/c2ccco2)cc1. The van der Waals surface area contributed by atoms with Crippen molar-refractivity contribution in [1.29, 1.82) is 0 Å². The van der Waals surface area contributed by atoms with E-state index in [9.17, 15) is 13.2 Å². The van der Waals surface area contributed by atoms with E-state index in [1.165, 1.54) is 24.5 Å². The molecule has 1 saturated heterocycles. The van der Waals surface area contributed by atoms with E-state index in [4.69, 9.17) is 4.42 Å². The zero-order chi connectivity index (χ0) is 18.6. The van der Waals surface area contributed by atoms with E-state index < -0.39 is 10.0 Å². The molecule has 26 heavy (non-hydrogen) atoms. The van der Waals surface area contributed by atoms with E-state index in [0.29, 0.717) is 18.0 Å². The number of nitrogens with zero attached hydrogens (tertiary/aromatic N) is 1. The van der Waals surface area contributed by atoms with Gasteiger partial charge in [-0.2, -0.15) is 4.31 Å². The van der Waals surface area contributed by atoms with Crippen molar-refractivity contribution >= 4 is 27.7 Å². The van der Waals surface area contributed by atoms with E-state index in [1.54, 1.807) is 34.6 Å². The molecule has 0 unspecified atom stereocenters. The average Bonchev–Trinajstić information content (AvgIpc) is 3.14. The molecule has 1 amide bonds. The van der Waals surface area contributed by atoms with Crippen molar-refractivity contribution in [3.8, 4) is 0 Å². The molecule has 1 aromatic carbocycles. The summed E-state index contributed by atoms with van der Waals surface area (Å²) in [5, 5.41) is 2.70. The Morgan fingerprint density at radius 1 is 1.23 bits per heavy atom. The van der Waals surface area contributed by atoms with Gasteiger partial charge in [-0.25, -0.2) is 8.42 Å². The van der Waals surface area contributed by atoms with Crippen LogP contribution in [0.1, 0.15) is 31.9 Å². The third-order valence-corrected chi connectivity index (χ3v) is 6.44. The van der Waals surface area contributed by atoms with Crippen molar-refractivity contribution < 1.29 is 17.6 Å². The molecule has 0 radical (unpaired) electrons. The normalized spacial score (nSPS) is 18.9. The Hall–Kier alpha value is -2.38. The molecule has 2 heterocycles. The maximum absolute atomic E-state index is 12.8. The van der Waals surface area contributed by atoms with E-state index in [2.05, 4.69) is 5.32 Å². The van der Waals surface area contributed by atoms with Crippen molar-refractivity contribution in [2.24, 2.45) is 0 Å². The van der Waals surface area contributed by atoms with Crippen LogP contribution in [0, 0.1) is 0 Å². The summed E-state index contributed by atoms with van der Waals surface area (Å²) in [5.74, 6) is 0.263. The summed E-state index contributed by atoms with van der Waals surface area (Å²) in [6, 6.07) is 9.75. The number of amides is 1. The second-order valence-corrected chi connectivity index (χ2v) is 8.21. The molecule has 3 rings (SSSR count). The molecule has 1 N–H and O–H groups in total. The van der Waals surface area contributed by atoms with Crippen LogP contribution in [0.4, 0.5) is 5.69 Å². The molecular formula is C19H22N2O4S. The fourth-order valence-electron chi connectivity index (χ4n) is 3.00. The maximum atomic E-state index is 12.8. The highest BCUT2D eigenvalue weighted by Gasteiger charge is 2.30. The minimum atomic E-state index is -3.50. The predicted octanol–water partition coefficient (Wildman–Crippen LogP) is 3.49. The summed E-state index contributed by atoms with van der Waals surface area (Å²) in [7, 11) is -3.50. The molecule has 2 aromatic rings. The van der Waals surface area contributed by atoms with E-state index in [-0.39, 0.29) is 16.8 Å².